The maximum absolute atomic E-state index is 12.0. The zero-order valence-corrected chi connectivity index (χ0v) is 12.6. The van der Waals surface area contributed by atoms with Crippen molar-refractivity contribution in [3.63, 3.8) is 0 Å². The lowest BCUT2D eigenvalue weighted by atomic mass is 10.3. The molecule has 0 radical (unpaired) electrons. The van der Waals surface area contributed by atoms with Crippen LogP contribution < -0.4 is 10.1 Å². The fourth-order valence-corrected chi connectivity index (χ4v) is 2.39. The van der Waals surface area contributed by atoms with Gasteiger partial charge in [-0.3, -0.25) is 4.79 Å². The number of rotatable bonds is 5. The molecule has 0 spiro atoms. The Morgan fingerprint density at radius 1 is 1.24 bits per heavy atom. The number of carbonyl (C=O) groups excluding carboxylic acids is 1. The van der Waals surface area contributed by atoms with Crippen molar-refractivity contribution in [1.82, 2.24) is 0 Å². The van der Waals surface area contributed by atoms with Crippen LogP contribution in [-0.4, -0.2) is 23.1 Å². The molecular weight excluding hydrogens is 314 g/mol. The molecule has 110 valence electrons. The molecule has 0 aliphatic heterocycles. The van der Waals surface area contributed by atoms with Crippen molar-refractivity contribution in [2.45, 2.75) is 13.0 Å². The van der Waals surface area contributed by atoms with Crippen molar-refractivity contribution < 1.29 is 19.4 Å². The van der Waals surface area contributed by atoms with Crippen molar-refractivity contribution in [1.29, 1.82) is 0 Å². The van der Waals surface area contributed by atoms with Crippen LogP contribution in [0.5, 0.6) is 5.75 Å². The third-order valence-electron chi connectivity index (χ3n) is 2.56. The SMILES string of the molecule is CC(Oc1ccc(Cl)cc1)C(=O)Nc1ccc(C(=O)O)s1. The molecule has 0 aliphatic rings. The molecule has 1 amide bonds. The highest BCUT2D eigenvalue weighted by molar-refractivity contribution is 7.18. The Kier molecular flexibility index (Phi) is 4.82. The fourth-order valence-electron chi connectivity index (χ4n) is 1.51. The van der Waals surface area contributed by atoms with Gasteiger partial charge in [0.25, 0.3) is 5.91 Å². The lowest BCUT2D eigenvalue weighted by Crippen LogP contribution is -2.29. The van der Waals surface area contributed by atoms with Crippen molar-refractivity contribution in [2.75, 3.05) is 5.32 Å². The molecule has 0 aliphatic carbocycles. The molecule has 1 aromatic heterocycles. The number of carboxylic acid groups (broad SMARTS) is 1. The normalized spacial score (nSPS) is 11.7. The second-order valence-electron chi connectivity index (χ2n) is 4.17. The van der Waals surface area contributed by atoms with Crippen LogP contribution >= 0.6 is 22.9 Å². The van der Waals surface area contributed by atoms with Crippen LogP contribution in [-0.2, 0) is 4.79 Å². The standard InChI is InChI=1S/C14H12ClNO4S/c1-8(20-10-4-2-9(15)3-5-10)13(17)16-12-7-6-11(21-12)14(18)19/h2-8H,1H3,(H,16,17)(H,18,19). The zero-order valence-electron chi connectivity index (χ0n) is 11.0. The summed E-state index contributed by atoms with van der Waals surface area (Å²) in [6, 6.07) is 9.65. The first kappa shape index (κ1) is 15.3. The van der Waals surface area contributed by atoms with Crippen LogP contribution in [0.2, 0.25) is 5.02 Å². The van der Waals surface area contributed by atoms with E-state index in [1.807, 2.05) is 0 Å². The first-order valence-corrected chi connectivity index (χ1v) is 7.21. The molecule has 0 bridgehead atoms. The Bertz CT molecular complexity index is 653. The summed E-state index contributed by atoms with van der Waals surface area (Å²) in [7, 11) is 0. The van der Waals surface area contributed by atoms with E-state index >= 15 is 0 Å². The number of hydrogen-bond acceptors (Lipinski definition) is 4. The maximum atomic E-state index is 12.0. The first-order chi connectivity index (χ1) is 9.95. The minimum absolute atomic E-state index is 0.163. The molecule has 0 saturated heterocycles. The Hall–Kier alpha value is -2.05. The van der Waals surface area contributed by atoms with E-state index < -0.39 is 12.1 Å². The highest BCUT2D eigenvalue weighted by Crippen LogP contribution is 2.22. The molecule has 2 aromatic rings. The molecule has 1 heterocycles. The van der Waals surface area contributed by atoms with Crippen LogP contribution in [0.4, 0.5) is 5.00 Å². The summed E-state index contributed by atoms with van der Waals surface area (Å²) in [5.41, 5.74) is 0. The van der Waals surface area contributed by atoms with E-state index in [2.05, 4.69) is 5.32 Å². The van der Waals surface area contributed by atoms with Gasteiger partial charge < -0.3 is 15.2 Å². The minimum Gasteiger partial charge on any atom is -0.481 e. The molecule has 2 N–H and O–H groups in total. The fraction of sp³-hybridized carbons (Fsp3) is 0.143. The van der Waals surface area contributed by atoms with Gasteiger partial charge in [0, 0.05) is 5.02 Å². The molecular formula is C14H12ClNO4S. The summed E-state index contributed by atoms with van der Waals surface area (Å²) < 4.78 is 5.48. The van der Waals surface area contributed by atoms with E-state index in [9.17, 15) is 9.59 Å². The smallest absolute Gasteiger partial charge is 0.345 e. The van der Waals surface area contributed by atoms with Crippen LogP contribution in [0.25, 0.3) is 0 Å². The number of hydrogen-bond donors (Lipinski definition) is 2. The number of benzene rings is 1. The van der Waals surface area contributed by atoms with Crippen LogP contribution in [0.15, 0.2) is 36.4 Å². The monoisotopic (exact) mass is 325 g/mol. The van der Waals surface area contributed by atoms with Crippen molar-refractivity contribution in [3.05, 3.63) is 46.3 Å². The van der Waals surface area contributed by atoms with Gasteiger partial charge in [0.05, 0.1) is 5.00 Å². The number of amides is 1. The predicted octanol–water partition coefficient (Wildman–Crippen LogP) is 3.51. The van der Waals surface area contributed by atoms with E-state index in [0.29, 0.717) is 15.8 Å². The molecule has 5 nitrogen and oxygen atoms in total. The third-order valence-corrected chi connectivity index (χ3v) is 3.80. The van der Waals surface area contributed by atoms with Crippen molar-refractivity contribution >= 4 is 39.8 Å². The molecule has 1 atom stereocenters. The van der Waals surface area contributed by atoms with Gasteiger partial charge in [-0.15, -0.1) is 11.3 Å². The Labute approximate surface area is 130 Å². The van der Waals surface area contributed by atoms with Gasteiger partial charge in [0.1, 0.15) is 10.6 Å². The van der Waals surface area contributed by atoms with E-state index in [-0.39, 0.29) is 10.8 Å². The highest BCUT2D eigenvalue weighted by atomic mass is 35.5. The lowest BCUT2D eigenvalue weighted by molar-refractivity contribution is -0.122. The number of carbonyl (C=O) groups is 2. The maximum Gasteiger partial charge on any atom is 0.345 e. The summed E-state index contributed by atoms with van der Waals surface area (Å²) in [5, 5.41) is 12.5. The second-order valence-corrected chi connectivity index (χ2v) is 5.69. The number of thiophene rings is 1. The van der Waals surface area contributed by atoms with Crippen LogP contribution in [0.1, 0.15) is 16.6 Å². The molecule has 7 heteroatoms. The molecule has 2 rings (SSSR count). The number of halogens is 1. The quantitative estimate of drug-likeness (QED) is 0.882. The number of ether oxygens (including phenoxy) is 1. The largest absolute Gasteiger partial charge is 0.481 e. The number of nitrogens with one attached hydrogen (secondary N) is 1. The van der Waals surface area contributed by atoms with Gasteiger partial charge in [0.15, 0.2) is 6.10 Å². The molecule has 1 aromatic carbocycles. The third kappa shape index (κ3) is 4.21. The minimum atomic E-state index is -1.02. The van der Waals surface area contributed by atoms with Gasteiger partial charge in [-0.25, -0.2) is 4.79 Å². The van der Waals surface area contributed by atoms with Gasteiger partial charge in [-0.05, 0) is 43.3 Å². The van der Waals surface area contributed by atoms with E-state index in [1.165, 1.54) is 6.07 Å². The topological polar surface area (TPSA) is 75.6 Å². The Morgan fingerprint density at radius 3 is 2.48 bits per heavy atom. The Morgan fingerprint density at radius 2 is 1.90 bits per heavy atom. The zero-order chi connectivity index (χ0) is 15.4. The van der Waals surface area contributed by atoms with E-state index in [0.717, 1.165) is 11.3 Å². The number of carboxylic acids is 1. The highest BCUT2D eigenvalue weighted by Gasteiger charge is 2.16. The van der Waals surface area contributed by atoms with Crippen LogP contribution in [0, 0.1) is 0 Å². The average Bonchev–Trinajstić information content (AvgIpc) is 2.90. The van der Waals surface area contributed by atoms with Gasteiger partial charge in [-0.2, -0.15) is 0 Å². The Balaban J connectivity index is 1.95. The molecule has 0 fully saturated rings. The lowest BCUT2D eigenvalue weighted by Gasteiger charge is -2.13. The first-order valence-electron chi connectivity index (χ1n) is 6.02. The number of aromatic carboxylic acids is 1. The summed E-state index contributed by atoms with van der Waals surface area (Å²) in [4.78, 5) is 22.9. The average molecular weight is 326 g/mol. The summed E-state index contributed by atoms with van der Waals surface area (Å²) in [5.74, 6) is -0.853. The predicted molar refractivity (Wildman–Crippen MR) is 81.5 cm³/mol. The second kappa shape index (κ2) is 6.60. The van der Waals surface area contributed by atoms with E-state index in [1.54, 1.807) is 37.3 Å². The summed E-state index contributed by atoms with van der Waals surface area (Å²) in [6.45, 7) is 1.61. The van der Waals surface area contributed by atoms with Crippen LogP contribution in [0.3, 0.4) is 0 Å². The van der Waals surface area contributed by atoms with Gasteiger partial charge in [0.2, 0.25) is 0 Å². The summed E-state index contributed by atoms with van der Waals surface area (Å²) in [6.07, 6.45) is -0.721. The molecule has 1 unspecified atom stereocenters. The van der Waals surface area contributed by atoms with Crippen molar-refractivity contribution in [2.24, 2.45) is 0 Å². The molecule has 0 saturated carbocycles. The van der Waals surface area contributed by atoms with Gasteiger partial charge in [-0.1, -0.05) is 11.6 Å². The summed E-state index contributed by atoms with van der Waals surface area (Å²) >= 11 is 6.76. The number of anilines is 1. The molecule has 21 heavy (non-hydrogen) atoms. The van der Waals surface area contributed by atoms with E-state index in [4.69, 9.17) is 21.4 Å². The van der Waals surface area contributed by atoms with Gasteiger partial charge >= 0.3 is 5.97 Å². The van der Waals surface area contributed by atoms with Crippen molar-refractivity contribution in [3.8, 4) is 5.75 Å².